The molecule has 14 heteroatoms. The molecule has 0 radical (unpaired) electrons. The van der Waals surface area contributed by atoms with Crippen LogP contribution in [0, 0.1) is 0 Å². The fourth-order valence-electron chi connectivity index (χ4n) is 7.72. The third kappa shape index (κ3) is 4.80. The average molecular weight is 753 g/mol. The highest BCUT2D eigenvalue weighted by atomic mass is 79.9. The zero-order valence-electron chi connectivity index (χ0n) is 27.7. The van der Waals surface area contributed by atoms with Crippen LogP contribution in [0.15, 0.2) is 96.3 Å². The summed E-state index contributed by atoms with van der Waals surface area (Å²) in [4.78, 5) is 73.3. The van der Waals surface area contributed by atoms with E-state index in [1.807, 2.05) is 18.2 Å². The van der Waals surface area contributed by atoms with E-state index in [0.29, 0.717) is 50.0 Å². The molecule has 0 unspecified atom stereocenters. The zero-order valence-corrected chi connectivity index (χ0v) is 29.3. The van der Waals surface area contributed by atoms with Crippen LogP contribution < -0.4 is 26.4 Å². The minimum atomic E-state index is -0.763. The van der Waals surface area contributed by atoms with Crippen LogP contribution in [-0.4, -0.2) is 54.4 Å². The molecule has 2 aromatic heterocycles. The van der Waals surface area contributed by atoms with Gasteiger partial charge in [-0.15, -0.1) is 0 Å². The van der Waals surface area contributed by atoms with Gasteiger partial charge in [-0.25, -0.2) is 28.5 Å². The summed E-state index contributed by atoms with van der Waals surface area (Å²) in [5, 5.41) is 11.9. The monoisotopic (exact) mass is 751 g/mol. The Bertz CT molecular complexity index is 2670. The van der Waals surface area contributed by atoms with E-state index >= 15 is 0 Å². The number of phenolic OH excluding ortho intramolecular Hbond substituents is 1. The first-order valence-corrected chi connectivity index (χ1v) is 17.0. The van der Waals surface area contributed by atoms with E-state index in [1.54, 1.807) is 43.4 Å². The van der Waals surface area contributed by atoms with E-state index in [-0.39, 0.29) is 64.6 Å². The highest BCUT2D eigenvalue weighted by Crippen LogP contribution is 2.51. The number of halogens is 1. The second-order valence-electron chi connectivity index (χ2n) is 12.7. The van der Waals surface area contributed by atoms with E-state index in [0.717, 1.165) is 4.57 Å². The molecule has 0 bridgehead atoms. The van der Waals surface area contributed by atoms with Gasteiger partial charge in [-0.05, 0) is 38.5 Å². The Morgan fingerprint density at radius 2 is 1.69 bits per heavy atom. The van der Waals surface area contributed by atoms with Crippen molar-refractivity contribution in [3.8, 4) is 17.2 Å². The minimum absolute atomic E-state index is 0.0107. The number of aryl methyl sites for hydroxylation is 2. The van der Waals surface area contributed by atoms with Gasteiger partial charge in [0.25, 0.3) is 5.56 Å². The van der Waals surface area contributed by atoms with Crippen LogP contribution in [0.4, 0.5) is 0 Å². The van der Waals surface area contributed by atoms with Crippen molar-refractivity contribution >= 4 is 49.3 Å². The number of carbonyl (C=O) groups is 2. The van der Waals surface area contributed by atoms with Crippen LogP contribution in [-0.2, 0) is 36.1 Å². The lowest BCUT2D eigenvalue weighted by atomic mass is 9.68. The summed E-state index contributed by atoms with van der Waals surface area (Å²) < 4.78 is 16.1. The number of methoxy groups -OCH3 is 2. The number of aromatic nitrogens is 5. The van der Waals surface area contributed by atoms with Crippen molar-refractivity contribution in [2.24, 2.45) is 7.05 Å². The van der Waals surface area contributed by atoms with Gasteiger partial charge >= 0.3 is 11.4 Å². The second kappa shape index (κ2) is 11.9. The number of nitrogens with zero attached hydrogens (tertiary/aromatic N) is 5. The topological polar surface area (TPSA) is 157 Å². The van der Waals surface area contributed by atoms with Crippen molar-refractivity contribution in [2.45, 2.75) is 37.9 Å². The van der Waals surface area contributed by atoms with Gasteiger partial charge < -0.3 is 19.1 Å². The van der Waals surface area contributed by atoms with Gasteiger partial charge in [0.15, 0.2) is 23.1 Å². The molecule has 1 N–H and O–H groups in total. The molecule has 0 spiro atoms. The summed E-state index contributed by atoms with van der Waals surface area (Å²) >= 11 is 3.25. The maximum atomic E-state index is 14.2. The molecular formula is C37H30BrN5O8. The molecule has 0 saturated heterocycles. The Hall–Kier alpha value is -5.76. The van der Waals surface area contributed by atoms with Crippen molar-refractivity contribution in [3.63, 3.8) is 0 Å². The van der Waals surface area contributed by atoms with Crippen molar-refractivity contribution in [1.29, 1.82) is 0 Å². The number of carbonyl (C=O) groups excluding carboxylic acids is 2. The molecule has 3 aliphatic rings. The van der Waals surface area contributed by atoms with E-state index in [4.69, 9.17) is 9.47 Å². The zero-order chi connectivity index (χ0) is 35.9. The van der Waals surface area contributed by atoms with Gasteiger partial charge in [-0.2, -0.15) is 0 Å². The molecule has 2 atom stereocenters. The number of hydrogen-bond acceptors (Lipinski definition) is 9. The summed E-state index contributed by atoms with van der Waals surface area (Å²) in [6.45, 7) is -0.0826. The summed E-state index contributed by atoms with van der Waals surface area (Å²) in [7, 11) is 4.60. The summed E-state index contributed by atoms with van der Waals surface area (Å²) in [6.07, 6.45) is 3.13. The number of hydrogen-bond donors (Lipinski definition) is 1. The van der Waals surface area contributed by atoms with Crippen LogP contribution in [0.2, 0.25) is 0 Å². The molecule has 2 aliphatic carbocycles. The molecule has 13 nitrogen and oxygen atoms in total. The molecule has 0 saturated carbocycles. The number of rotatable bonds is 6. The van der Waals surface area contributed by atoms with Crippen LogP contribution in [0.25, 0.3) is 21.8 Å². The Morgan fingerprint density at radius 3 is 2.43 bits per heavy atom. The van der Waals surface area contributed by atoms with E-state index in [1.165, 1.54) is 34.2 Å². The Morgan fingerprint density at radius 1 is 0.961 bits per heavy atom. The predicted molar refractivity (Wildman–Crippen MR) is 191 cm³/mol. The summed E-state index contributed by atoms with van der Waals surface area (Å²) in [6, 6.07) is 13.1. The van der Waals surface area contributed by atoms with Crippen molar-refractivity contribution in [3.05, 3.63) is 124 Å². The quantitative estimate of drug-likeness (QED) is 0.202. The number of fused-ring (bicyclic) bond motifs is 5. The summed E-state index contributed by atoms with van der Waals surface area (Å²) in [5.74, 6) is -0.473. The fourth-order valence-corrected chi connectivity index (χ4v) is 8.17. The van der Waals surface area contributed by atoms with Crippen LogP contribution in [0.3, 0.4) is 0 Å². The van der Waals surface area contributed by atoms with Gasteiger partial charge in [0, 0.05) is 67.1 Å². The standard InChI is InChI=1S/C37H30BrN5O8/c1-40-27-17-31(51-3)30(50-2)16-25(27)39-24(35(40)47)11-12-41-36(48)42-13-10-21-26(43(42)37(41)49)14-22-33(29(45)15-23(38)34(22)46)32(21)20-8-9-28(44)19-7-5-4-6-18(19)20/h4-10,15-17,26,32,44H,11-14H2,1-3H3/t26-,32+/m1/s1. The second-order valence-corrected chi connectivity index (χ2v) is 13.5. The SMILES string of the molecule is COc1cc2nc(CCn3c(=O)n4n(c3=O)[C@@H]3CC5=C(C(=O)C=C(Br)C5=O)[C@@H](c5ccc(O)c6ccccc56)C3=CC4)c(=O)n(C)c2cc1OC. The summed E-state index contributed by atoms with van der Waals surface area (Å²) in [5.41, 5.74) is 1.56. The number of aromatic hydroxyl groups is 1. The fraction of sp³-hybridized carbons (Fsp3) is 0.243. The molecule has 5 aromatic rings. The van der Waals surface area contributed by atoms with Gasteiger partial charge in [0.2, 0.25) is 0 Å². The number of benzene rings is 3. The largest absolute Gasteiger partial charge is 0.507 e. The van der Waals surface area contributed by atoms with E-state index < -0.39 is 23.3 Å². The molecule has 3 aromatic carbocycles. The number of Topliss-reactive ketones (excluding diaryl/α,β-unsaturated/α-hetero) is 1. The van der Waals surface area contributed by atoms with Crippen LogP contribution in [0.1, 0.15) is 29.6 Å². The Balaban J connectivity index is 1.22. The average Bonchev–Trinajstić information content (AvgIpc) is 3.38. The number of ketones is 2. The van der Waals surface area contributed by atoms with Gasteiger partial charge in [-0.1, -0.05) is 36.4 Å². The van der Waals surface area contributed by atoms with Gasteiger partial charge in [0.1, 0.15) is 11.4 Å². The third-order valence-corrected chi connectivity index (χ3v) is 10.7. The van der Waals surface area contributed by atoms with Crippen molar-refractivity contribution in [2.75, 3.05) is 14.2 Å². The lowest BCUT2D eigenvalue weighted by molar-refractivity contribution is -0.115. The molecule has 51 heavy (non-hydrogen) atoms. The lowest BCUT2D eigenvalue weighted by Gasteiger charge is -2.39. The molecule has 258 valence electrons. The maximum Gasteiger partial charge on any atom is 0.347 e. The van der Waals surface area contributed by atoms with Crippen LogP contribution in [0.5, 0.6) is 17.2 Å². The van der Waals surface area contributed by atoms with Crippen molar-refractivity contribution < 1.29 is 24.2 Å². The molecule has 1 aliphatic heterocycles. The number of ether oxygens (including phenoxy) is 2. The smallest absolute Gasteiger partial charge is 0.347 e. The normalized spacial score (nSPS) is 18.4. The highest BCUT2D eigenvalue weighted by Gasteiger charge is 2.45. The number of phenols is 1. The third-order valence-electron chi connectivity index (χ3n) is 10.1. The molecule has 8 rings (SSSR count). The highest BCUT2D eigenvalue weighted by molar-refractivity contribution is 9.12. The maximum absolute atomic E-state index is 14.2. The molecular weight excluding hydrogens is 722 g/mol. The number of allylic oxidation sites excluding steroid dienone is 6. The molecule has 0 fully saturated rings. The predicted octanol–water partition coefficient (Wildman–Crippen LogP) is 3.57. The Labute approximate surface area is 297 Å². The van der Waals surface area contributed by atoms with Crippen molar-refractivity contribution in [1.82, 2.24) is 23.5 Å². The lowest BCUT2D eigenvalue weighted by Crippen LogP contribution is -2.40. The minimum Gasteiger partial charge on any atom is -0.507 e. The van der Waals surface area contributed by atoms with Crippen LogP contribution >= 0.6 is 15.9 Å². The van der Waals surface area contributed by atoms with E-state index in [9.17, 15) is 29.1 Å². The van der Waals surface area contributed by atoms with E-state index in [2.05, 4.69) is 20.9 Å². The molecule has 3 heterocycles. The first-order valence-electron chi connectivity index (χ1n) is 16.2. The first kappa shape index (κ1) is 32.4. The van der Waals surface area contributed by atoms with Gasteiger partial charge in [0.05, 0.1) is 42.3 Å². The molecule has 0 amide bonds. The van der Waals surface area contributed by atoms with Gasteiger partial charge in [-0.3, -0.25) is 14.4 Å². The Kier molecular flexibility index (Phi) is 7.59. The first-order chi connectivity index (χ1) is 24.5.